The molecule has 0 fully saturated rings. The van der Waals surface area contributed by atoms with Crippen LogP contribution in [0.5, 0.6) is 0 Å². The predicted octanol–water partition coefficient (Wildman–Crippen LogP) is 2.13. The Balaban J connectivity index is 3.53. The van der Waals surface area contributed by atoms with Crippen molar-refractivity contribution in [2.24, 2.45) is 0 Å². The molecule has 0 saturated carbocycles. The highest BCUT2D eigenvalue weighted by molar-refractivity contribution is 7.98. The molecule has 0 amide bonds. The Morgan fingerprint density at radius 3 is 2.67 bits per heavy atom. The highest BCUT2D eigenvalue weighted by Gasteiger charge is 2.05. The first-order valence-corrected chi connectivity index (χ1v) is 5.85. The Kier molecular flexibility index (Phi) is 7.43. The Labute approximate surface area is 80.7 Å². The van der Waals surface area contributed by atoms with Crippen LogP contribution in [0.15, 0.2) is 0 Å². The largest absolute Gasteiger partial charge is 0.301 e. The zero-order chi connectivity index (χ0) is 9.40. The van der Waals surface area contributed by atoms with Gasteiger partial charge in [0.2, 0.25) is 0 Å². The normalized spacial score (nSPS) is 15.2. The number of hydrogen-bond donors (Lipinski definition) is 1. The van der Waals surface area contributed by atoms with Crippen molar-refractivity contribution in [2.45, 2.75) is 38.8 Å². The zero-order valence-electron chi connectivity index (χ0n) is 8.26. The van der Waals surface area contributed by atoms with Crippen LogP contribution >= 0.6 is 11.8 Å². The van der Waals surface area contributed by atoms with Crippen LogP contribution in [0.4, 0.5) is 0 Å². The number of rotatable bonds is 6. The fourth-order valence-corrected chi connectivity index (χ4v) is 1.59. The fraction of sp³-hybridized carbons (Fsp3) is 0.800. The maximum atomic E-state index is 5.34. The summed E-state index contributed by atoms with van der Waals surface area (Å²) in [5.74, 6) is 3.94. The van der Waals surface area contributed by atoms with E-state index in [0.29, 0.717) is 6.04 Å². The molecule has 0 heterocycles. The first kappa shape index (κ1) is 11.9. The van der Waals surface area contributed by atoms with Crippen molar-refractivity contribution in [3.05, 3.63) is 0 Å². The first-order chi connectivity index (χ1) is 5.74. The molecule has 0 aliphatic rings. The third kappa shape index (κ3) is 5.51. The van der Waals surface area contributed by atoms with Crippen LogP contribution < -0.4 is 5.32 Å². The molecule has 0 aliphatic carbocycles. The highest BCUT2D eigenvalue weighted by Crippen LogP contribution is 2.01. The van der Waals surface area contributed by atoms with Crippen molar-refractivity contribution in [3.8, 4) is 12.3 Å². The minimum atomic E-state index is 0.252. The van der Waals surface area contributed by atoms with Gasteiger partial charge in [-0.15, -0.1) is 6.42 Å². The van der Waals surface area contributed by atoms with Gasteiger partial charge in [-0.25, -0.2) is 0 Å². The molecule has 0 radical (unpaired) electrons. The predicted molar refractivity (Wildman–Crippen MR) is 58.5 cm³/mol. The summed E-state index contributed by atoms with van der Waals surface area (Å²) < 4.78 is 0. The van der Waals surface area contributed by atoms with Crippen LogP contribution in [0.25, 0.3) is 0 Å². The molecule has 12 heavy (non-hydrogen) atoms. The minimum Gasteiger partial charge on any atom is -0.301 e. The summed E-state index contributed by atoms with van der Waals surface area (Å²) in [5, 5.41) is 3.40. The maximum Gasteiger partial charge on any atom is 0.0686 e. The van der Waals surface area contributed by atoms with E-state index in [1.807, 2.05) is 11.8 Å². The van der Waals surface area contributed by atoms with Crippen molar-refractivity contribution >= 4 is 11.8 Å². The molecular weight excluding hydrogens is 166 g/mol. The quantitative estimate of drug-likeness (QED) is 0.636. The van der Waals surface area contributed by atoms with E-state index in [2.05, 4.69) is 31.3 Å². The van der Waals surface area contributed by atoms with Crippen LogP contribution in [-0.2, 0) is 0 Å². The second-order valence-corrected chi connectivity index (χ2v) is 3.96. The van der Waals surface area contributed by atoms with Gasteiger partial charge in [-0.3, -0.25) is 0 Å². The molecule has 0 bridgehead atoms. The van der Waals surface area contributed by atoms with E-state index in [1.165, 1.54) is 12.2 Å². The average Bonchev–Trinajstić information content (AvgIpc) is 2.10. The van der Waals surface area contributed by atoms with E-state index in [0.717, 1.165) is 6.42 Å². The Bertz CT molecular complexity index is 139. The van der Waals surface area contributed by atoms with Crippen LogP contribution in [0.1, 0.15) is 26.7 Å². The van der Waals surface area contributed by atoms with E-state index < -0.39 is 0 Å². The lowest BCUT2D eigenvalue weighted by molar-refractivity contribution is 0.487. The summed E-state index contributed by atoms with van der Waals surface area (Å²) in [6.45, 7) is 4.30. The highest BCUT2D eigenvalue weighted by atomic mass is 32.2. The van der Waals surface area contributed by atoms with Gasteiger partial charge in [-0.1, -0.05) is 12.8 Å². The van der Waals surface area contributed by atoms with Crippen LogP contribution in [0.3, 0.4) is 0 Å². The Hall–Kier alpha value is -0.130. The van der Waals surface area contributed by atoms with E-state index in [4.69, 9.17) is 6.42 Å². The minimum absolute atomic E-state index is 0.252. The fourth-order valence-electron chi connectivity index (χ4n) is 1.01. The third-order valence-electron chi connectivity index (χ3n) is 1.85. The lowest BCUT2D eigenvalue weighted by atomic mass is 10.2. The van der Waals surface area contributed by atoms with Gasteiger partial charge in [-0.05, 0) is 31.8 Å². The van der Waals surface area contributed by atoms with Crippen molar-refractivity contribution in [2.75, 3.05) is 12.0 Å². The van der Waals surface area contributed by atoms with Gasteiger partial charge in [-0.2, -0.15) is 11.8 Å². The molecule has 2 unspecified atom stereocenters. The first-order valence-electron chi connectivity index (χ1n) is 4.45. The summed E-state index contributed by atoms with van der Waals surface area (Å²) in [4.78, 5) is 0. The molecule has 0 aromatic heterocycles. The summed E-state index contributed by atoms with van der Waals surface area (Å²) in [7, 11) is 0. The molecule has 0 rings (SSSR count). The summed E-state index contributed by atoms with van der Waals surface area (Å²) in [5.41, 5.74) is 0. The Morgan fingerprint density at radius 1 is 1.58 bits per heavy atom. The summed E-state index contributed by atoms with van der Waals surface area (Å²) in [6, 6.07) is 0.792. The number of thioether (sulfide) groups is 1. The smallest absolute Gasteiger partial charge is 0.0686 e. The third-order valence-corrected chi connectivity index (χ3v) is 2.49. The molecular formula is C10H19NS. The number of hydrogen-bond acceptors (Lipinski definition) is 2. The van der Waals surface area contributed by atoms with Crippen LogP contribution in [0.2, 0.25) is 0 Å². The second-order valence-electron chi connectivity index (χ2n) is 2.98. The van der Waals surface area contributed by atoms with Crippen molar-refractivity contribution < 1.29 is 0 Å². The van der Waals surface area contributed by atoms with E-state index in [1.54, 1.807) is 0 Å². The molecule has 0 saturated heterocycles. The Morgan fingerprint density at radius 2 is 2.25 bits per heavy atom. The van der Waals surface area contributed by atoms with E-state index in [-0.39, 0.29) is 6.04 Å². The SMILES string of the molecule is C#CC(CC)NC(C)CCSC. The van der Waals surface area contributed by atoms with E-state index in [9.17, 15) is 0 Å². The van der Waals surface area contributed by atoms with Gasteiger partial charge in [0.25, 0.3) is 0 Å². The van der Waals surface area contributed by atoms with Crippen molar-refractivity contribution in [3.63, 3.8) is 0 Å². The molecule has 0 aromatic rings. The summed E-state index contributed by atoms with van der Waals surface area (Å²) >= 11 is 1.88. The van der Waals surface area contributed by atoms with Crippen molar-refractivity contribution in [1.29, 1.82) is 0 Å². The van der Waals surface area contributed by atoms with Gasteiger partial charge in [0, 0.05) is 6.04 Å². The van der Waals surface area contributed by atoms with Gasteiger partial charge in [0.05, 0.1) is 6.04 Å². The zero-order valence-corrected chi connectivity index (χ0v) is 9.08. The molecule has 2 atom stereocenters. The molecule has 70 valence electrons. The van der Waals surface area contributed by atoms with Gasteiger partial charge in [0.1, 0.15) is 0 Å². The topological polar surface area (TPSA) is 12.0 Å². The van der Waals surface area contributed by atoms with Crippen LogP contribution in [-0.4, -0.2) is 24.1 Å². The maximum absolute atomic E-state index is 5.34. The monoisotopic (exact) mass is 185 g/mol. The summed E-state index contributed by atoms with van der Waals surface area (Å²) in [6.07, 6.45) is 9.68. The molecule has 0 aliphatic heterocycles. The number of terminal acetylenes is 1. The molecule has 1 N–H and O–H groups in total. The molecule has 2 heteroatoms. The lowest BCUT2D eigenvalue weighted by Gasteiger charge is -2.17. The molecule has 0 aromatic carbocycles. The average molecular weight is 185 g/mol. The van der Waals surface area contributed by atoms with Gasteiger partial charge < -0.3 is 5.32 Å². The second kappa shape index (κ2) is 7.52. The van der Waals surface area contributed by atoms with E-state index >= 15 is 0 Å². The van der Waals surface area contributed by atoms with Gasteiger partial charge >= 0.3 is 0 Å². The lowest BCUT2D eigenvalue weighted by Crippen LogP contribution is -2.35. The molecule has 1 nitrogen and oxygen atoms in total. The van der Waals surface area contributed by atoms with Crippen LogP contribution in [0, 0.1) is 12.3 Å². The standard InChI is InChI=1S/C10H19NS/c1-5-10(6-2)11-9(3)7-8-12-4/h1,9-11H,6-8H2,2-4H3. The number of nitrogens with one attached hydrogen (secondary N) is 1. The van der Waals surface area contributed by atoms with Gasteiger partial charge in [0.15, 0.2) is 0 Å². The van der Waals surface area contributed by atoms with Crippen molar-refractivity contribution in [1.82, 2.24) is 5.32 Å². The molecule has 0 spiro atoms.